The van der Waals surface area contributed by atoms with Gasteiger partial charge in [-0.25, -0.2) is 8.42 Å². The first-order chi connectivity index (χ1) is 12.4. The van der Waals surface area contributed by atoms with Crippen LogP contribution in [0, 0.1) is 5.92 Å². The minimum absolute atomic E-state index is 0.0894. The number of benzene rings is 2. The second-order valence-corrected chi connectivity index (χ2v) is 8.32. The van der Waals surface area contributed by atoms with E-state index in [-0.39, 0.29) is 16.8 Å². The predicted octanol–water partition coefficient (Wildman–Crippen LogP) is 2.30. The van der Waals surface area contributed by atoms with Crippen molar-refractivity contribution in [2.24, 2.45) is 11.7 Å². The van der Waals surface area contributed by atoms with Gasteiger partial charge in [0.25, 0.3) is 15.9 Å². The van der Waals surface area contributed by atoms with Gasteiger partial charge in [0.1, 0.15) is 0 Å². The number of carbonyl (C=O) groups is 1. The second kappa shape index (κ2) is 7.47. The highest BCUT2D eigenvalue weighted by Gasteiger charge is 2.32. The number of para-hydroxylation sites is 1. The maximum absolute atomic E-state index is 12.7. The molecule has 1 fully saturated rings. The van der Waals surface area contributed by atoms with Crippen LogP contribution in [-0.4, -0.2) is 38.4 Å². The molecule has 7 heteroatoms. The van der Waals surface area contributed by atoms with Gasteiger partial charge < -0.3 is 10.6 Å². The number of nitrogens with one attached hydrogen (secondary N) is 1. The maximum Gasteiger partial charge on any atom is 0.261 e. The number of rotatable bonds is 5. The number of hydrogen-bond donors (Lipinski definition) is 2. The molecule has 0 aliphatic carbocycles. The van der Waals surface area contributed by atoms with Gasteiger partial charge in [0, 0.05) is 23.8 Å². The van der Waals surface area contributed by atoms with Crippen molar-refractivity contribution in [1.82, 2.24) is 4.90 Å². The van der Waals surface area contributed by atoms with Crippen molar-refractivity contribution in [3.05, 3.63) is 60.2 Å². The van der Waals surface area contributed by atoms with Crippen LogP contribution in [0.2, 0.25) is 0 Å². The van der Waals surface area contributed by atoms with Crippen molar-refractivity contribution >= 4 is 21.6 Å². The molecule has 1 aliphatic heterocycles. The van der Waals surface area contributed by atoms with Crippen molar-refractivity contribution in [2.45, 2.75) is 24.3 Å². The molecule has 1 amide bonds. The van der Waals surface area contributed by atoms with Crippen LogP contribution in [-0.2, 0) is 10.0 Å². The van der Waals surface area contributed by atoms with Gasteiger partial charge in [-0.1, -0.05) is 18.2 Å². The molecule has 6 nitrogen and oxygen atoms in total. The van der Waals surface area contributed by atoms with Crippen LogP contribution < -0.4 is 10.5 Å². The lowest BCUT2D eigenvalue weighted by Crippen LogP contribution is -2.34. The average molecular weight is 373 g/mol. The van der Waals surface area contributed by atoms with Crippen LogP contribution in [0.25, 0.3) is 0 Å². The number of hydrogen-bond acceptors (Lipinski definition) is 4. The molecular formula is C19H23N3O3S. The highest BCUT2D eigenvalue weighted by atomic mass is 32.2. The molecule has 2 unspecified atom stereocenters. The lowest BCUT2D eigenvalue weighted by Gasteiger charge is -2.21. The maximum atomic E-state index is 12.7. The Balaban J connectivity index is 1.75. The van der Waals surface area contributed by atoms with Crippen molar-refractivity contribution < 1.29 is 13.2 Å². The standard InChI is InChI=1S/C19H23N3O3S/c1-14-11-15(12-20)13-22(14)19(23)16-7-9-18(10-8-16)26(24,25)21-17-5-3-2-4-6-17/h2-10,14-15,21H,11-13,20H2,1H3. The highest BCUT2D eigenvalue weighted by Crippen LogP contribution is 2.25. The van der Waals surface area contributed by atoms with E-state index in [1.165, 1.54) is 12.1 Å². The Morgan fingerprint density at radius 1 is 1.15 bits per heavy atom. The van der Waals surface area contributed by atoms with Crippen LogP contribution >= 0.6 is 0 Å². The van der Waals surface area contributed by atoms with Gasteiger partial charge in [0.15, 0.2) is 0 Å². The lowest BCUT2D eigenvalue weighted by atomic mass is 10.1. The molecule has 1 heterocycles. The van der Waals surface area contributed by atoms with E-state index in [9.17, 15) is 13.2 Å². The molecular weight excluding hydrogens is 350 g/mol. The summed E-state index contributed by atoms with van der Waals surface area (Å²) in [5.74, 6) is 0.233. The fraction of sp³-hybridized carbons (Fsp3) is 0.316. The zero-order valence-electron chi connectivity index (χ0n) is 14.6. The first kappa shape index (κ1) is 18.4. The molecule has 0 radical (unpaired) electrons. The summed E-state index contributed by atoms with van der Waals surface area (Å²) in [4.78, 5) is 14.6. The second-order valence-electron chi connectivity index (χ2n) is 6.64. The number of nitrogens with two attached hydrogens (primary N) is 1. The van der Waals surface area contributed by atoms with E-state index in [0.717, 1.165) is 6.42 Å². The molecule has 0 spiro atoms. The molecule has 2 aromatic rings. The van der Waals surface area contributed by atoms with E-state index in [0.29, 0.717) is 30.3 Å². The summed E-state index contributed by atoms with van der Waals surface area (Å²) in [6.07, 6.45) is 0.899. The zero-order chi connectivity index (χ0) is 18.7. The van der Waals surface area contributed by atoms with E-state index >= 15 is 0 Å². The molecule has 1 saturated heterocycles. The van der Waals surface area contributed by atoms with Crippen molar-refractivity contribution in [3.8, 4) is 0 Å². The van der Waals surface area contributed by atoms with E-state index in [2.05, 4.69) is 4.72 Å². The zero-order valence-corrected chi connectivity index (χ0v) is 15.4. The quantitative estimate of drug-likeness (QED) is 0.841. The van der Waals surface area contributed by atoms with Crippen LogP contribution in [0.3, 0.4) is 0 Å². The van der Waals surface area contributed by atoms with Crippen LogP contribution in [0.15, 0.2) is 59.5 Å². The van der Waals surface area contributed by atoms with E-state index in [1.807, 2.05) is 17.9 Å². The Bertz CT molecular complexity index is 867. The number of sulfonamides is 1. The van der Waals surface area contributed by atoms with E-state index in [4.69, 9.17) is 5.73 Å². The third-order valence-electron chi connectivity index (χ3n) is 4.69. The fourth-order valence-electron chi connectivity index (χ4n) is 3.26. The van der Waals surface area contributed by atoms with Crippen LogP contribution in [0.1, 0.15) is 23.7 Å². The fourth-order valence-corrected chi connectivity index (χ4v) is 4.32. The van der Waals surface area contributed by atoms with E-state index < -0.39 is 10.0 Å². The van der Waals surface area contributed by atoms with Gasteiger partial charge in [-0.2, -0.15) is 0 Å². The van der Waals surface area contributed by atoms with Gasteiger partial charge in [0.2, 0.25) is 0 Å². The summed E-state index contributed by atoms with van der Waals surface area (Å²) in [6, 6.07) is 14.9. The topological polar surface area (TPSA) is 92.5 Å². The van der Waals surface area contributed by atoms with E-state index in [1.54, 1.807) is 36.4 Å². The molecule has 26 heavy (non-hydrogen) atoms. The van der Waals surface area contributed by atoms with Gasteiger partial charge in [-0.05, 0) is 62.2 Å². The summed E-state index contributed by atoms with van der Waals surface area (Å²) >= 11 is 0. The summed E-state index contributed by atoms with van der Waals surface area (Å²) in [5, 5.41) is 0. The van der Waals surface area contributed by atoms with Gasteiger partial charge >= 0.3 is 0 Å². The Morgan fingerprint density at radius 2 is 1.81 bits per heavy atom. The number of anilines is 1. The minimum atomic E-state index is -3.69. The summed E-state index contributed by atoms with van der Waals surface area (Å²) < 4.78 is 27.4. The van der Waals surface area contributed by atoms with Crippen molar-refractivity contribution in [1.29, 1.82) is 0 Å². The molecule has 3 N–H and O–H groups in total. The first-order valence-electron chi connectivity index (χ1n) is 8.59. The number of nitrogens with zero attached hydrogens (tertiary/aromatic N) is 1. The summed E-state index contributed by atoms with van der Waals surface area (Å²) in [7, 11) is -3.69. The molecule has 138 valence electrons. The number of amides is 1. The molecule has 0 bridgehead atoms. The van der Waals surface area contributed by atoms with Crippen LogP contribution in [0.4, 0.5) is 5.69 Å². The third-order valence-corrected chi connectivity index (χ3v) is 6.09. The van der Waals surface area contributed by atoms with Gasteiger partial charge in [-0.15, -0.1) is 0 Å². The largest absolute Gasteiger partial charge is 0.336 e. The van der Waals surface area contributed by atoms with Gasteiger partial charge in [-0.3, -0.25) is 9.52 Å². The summed E-state index contributed by atoms with van der Waals surface area (Å²) in [6.45, 7) is 3.22. The molecule has 0 aromatic heterocycles. The molecule has 2 atom stereocenters. The highest BCUT2D eigenvalue weighted by molar-refractivity contribution is 7.92. The van der Waals surface area contributed by atoms with Gasteiger partial charge in [0.05, 0.1) is 4.90 Å². The smallest absolute Gasteiger partial charge is 0.261 e. The Labute approximate surface area is 154 Å². The summed E-state index contributed by atoms with van der Waals surface area (Å²) in [5.41, 5.74) is 6.69. The van der Waals surface area contributed by atoms with Crippen LogP contribution in [0.5, 0.6) is 0 Å². The SMILES string of the molecule is CC1CC(CN)CN1C(=O)c1ccc(S(=O)(=O)Nc2ccccc2)cc1. The van der Waals surface area contributed by atoms with Crippen molar-refractivity contribution in [3.63, 3.8) is 0 Å². The number of likely N-dealkylation sites (tertiary alicyclic amines) is 1. The normalized spacial score (nSPS) is 20.2. The Kier molecular flexibility index (Phi) is 5.29. The van der Waals surface area contributed by atoms with Crippen molar-refractivity contribution in [2.75, 3.05) is 17.8 Å². The molecule has 3 rings (SSSR count). The lowest BCUT2D eigenvalue weighted by molar-refractivity contribution is 0.0743. The monoisotopic (exact) mass is 373 g/mol. The average Bonchev–Trinajstić information content (AvgIpc) is 3.02. The minimum Gasteiger partial charge on any atom is -0.336 e. The molecule has 1 aliphatic rings. The predicted molar refractivity (Wildman–Crippen MR) is 101 cm³/mol. The first-order valence-corrected chi connectivity index (χ1v) is 10.1. The number of carbonyl (C=O) groups excluding carboxylic acids is 1. The molecule has 0 saturated carbocycles. The Morgan fingerprint density at radius 3 is 2.38 bits per heavy atom. The molecule has 2 aromatic carbocycles. The third kappa shape index (κ3) is 3.89. The Hall–Kier alpha value is -2.38.